The number of nitriles is 2. The standard InChI is InChI=1S/C17H13N5O2/c1-8-12(6-18)15(13(7-19)9(2)20-8)10-3-4-11-14(5-10)21-22-16(11)17(23)24/h3-5,15,20H,1-2H3,(H,21,22)(H,23,24). The number of hydrogen-bond acceptors (Lipinski definition) is 5. The molecule has 1 aliphatic heterocycles. The molecule has 0 bridgehead atoms. The Kier molecular flexibility index (Phi) is 3.55. The highest BCUT2D eigenvalue weighted by Gasteiger charge is 2.29. The van der Waals surface area contributed by atoms with Crippen molar-refractivity contribution in [2.24, 2.45) is 0 Å². The zero-order valence-corrected chi connectivity index (χ0v) is 13.0. The summed E-state index contributed by atoms with van der Waals surface area (Å²) in [4.78, 5) is 11.2. The molecular formula is C17H13N5O2. The van der Waals surface area contributed by atoms with Gasteiger partial charge in [0.05, 0.1) is 34.7 Å². The van der Waals surface area contributed by atoms with Crippen molar-refractivity contribution in [2.45, 2.75) is 19.8 Å². The van der Waals surface area contributed by atoms with Crippen LogP contribution in [-0.2, 0) is 0 Å². The Hall–Kier alpha value is -3.58. The van der Waals surface area contributed by atoms with Gasteiger partial charge in [-0.15, -0.1) is 0 Å². The summed E-state index contributed by atoms with van der Waals surface area (Å²) in [6, 6.07) is 9.46. The first-order valence-corrected chi connectivity index (χ1v) is 7.18. The van der Waals surface area contributed by atoms with Gasteiger partial charge in [-0.1, -0.05) is 12.1 Å². The summed E-state index contributed by atoms with van der Waals surface area (Å²) in [7, 11) is 0. The van der Waals surface area contributed by atoms with Crippen LogP contribution in [0.5, 0.6) is 0 Å². The Balaban J connectivity index is 2.21. The minimum Gasteiger partial charge on any atom is -0.476 e. The summed E-state index contributed by atoms with van der Waals surface area (Å²) in [6.07, 6.45) is 0. The molecular weight excluding hydrogens is 306 g/mol. The summed E-state index contributed by atoms with van der Waals surface area (Å²) in [6.45, 7) is 3.58. The number of hydrogen-bond donors (Lipinski definition) is 3. The number of aromatic amines is 1. The van der Waals surface area contributed by atoms with Crippen molar-refractivity contribution in [2.75, 3.05) is 0 Å². The lowest BCUT2D eigenvalue weighted by atomic mass is 9.81. The lowest BCUT2D eigenvalue weighted by molar-refractivity contribution is 0.0692. The van der Waals surface area contributed by atoms with Crippen molar-refractivity contribution in [3.63, 3.8) is 0 Å². The lowest BCUT2D eigenvalue weighted by Crippen LogP contribution is -2.23. The van der Waals surface area contributed by atoms with Gasteiger partial charge in [-0.3, -0.25) is 5.10 Å². The largest absolute Gasteiger partial charge is 0.476 e. The lowest BCUT2D eigenvalue weighted by Gasteiger charge is -2.26. The fraction of sp³-hybridized carbons (Fsp3) is 0.176. The highest BCUT2D eigenvalue weighted by molar-refractivity contribution is 6.01. The molecule has 0 radical (unpaired) electrons. The highest BCUT2D eigenvalue weighted by Crippen LogP contribution is 2.38. The number of carboxylic acid groups (broad SMARTS) is 1. The smallest absolute Gasteiger partial charge is 0.357 e. The molecule has 2 aromatic rings. The first-order chi connectivity index (χ1) is 11.5. The van der Waals surface area contributed by atoms with Crippen LogP contribution >= 0.6 is 0 Å². The van der Waals surface area contributed by atoms with Gasteiger partial charge in [0.1, 0.15) is 0 Å². The van der Waals surface area contributed by atoms with Crippen LogP contribution in [0, 0.1) is 22.7 Å². The highest BCUT2D eigenvalue weighted by atomic mass is 16.4. The zero-order valence-electron chi connectivity index (χ0n) is 13.0. The van der Waals surface area contributed by atoms with Gasteiger partial charge in [0.2, 0.25) is 0 Å². The fourth-order valence-electron chi connectivity index (χ4n) is 3.00. The Morgan fingerprint density at radius 3 is 2.38 bits per heavy atom. The quantitative estimate of drug-likeness (QED) is 0.781. The van der Waals surface area contributed by atoms with E-state index in [-0.39, 0.29) is 5.69 Å². The normalized spacial score (nSPS) is 15.2. The minimum absolute atomic E-state index is 0.0543. The summed E-state index contributed by atoms with van der Waals surface area (Å²) in [5.41, 5.74) is 3.57. The van der Waals surface area contributed by atoms with Gasteiger partial charge in [-0.05, 0) is 25.5 Å². The van der Waals surface area contributed by atoms with E-state index in [1.165, 1.54) is 0 Å². The van der Waals surface area contributed by atoms with Gasteiger partial charge < -0.3 is 10.4 Å². The number of dihydropyridines is 1. The molecule has 0 amide bonds. The van der Waals surface area contributed by atoms with E-state index >= 15 is 0 Å². The second kappa shape index (κ2) is 5.56. The summed E-state index contributed by atoms with van der Waals surface area (Å²) >= 11 is 0. The van der Waals surface area contributed by atoms with Crippen molar-refractivity contribution < 1.29 is 9.90 Å². The molecule has 0 aliphatic carbocycles. The van der Waals surface area contributed by atoms with Crippen LogP contribution in [0.1, 0.15) is 35.8 Å². The first-order valence-electron chi connectivity index (χ1n) is 7.18. The molecule has 0 saturated heterocycles. The van der Waals surface area contributed by atoms with Crippen LogP contribution in [-0.4, -0.2) is 21.3 Å². The number of nitrogens with one attached hydrogen (secondary N) is 2. The SMILES string of the molecule is CC1=C(C#N)C(c2ccc3c(C(=O)O)n[nH]c3c2)C(C#N)=C(C)N1. The fourth-order valence-corrected chi connectivity index (χ4v) is 3.00. The third-order valence-electron chi connectivity index (χ3n) is 4.12. The number of allylic oxidation sites excluding steroid dienone is 4. The van der Waals surface area contributed by atoms with E-state index in [0.717, 1.165) is 5.56 Å². The maximum atomic E-state index is 11.2. The third-order valence-corrected chi connectivity index (χ3v) is 4.12. The molecule has 1 aliphatic rings. The van der Waals surface area contributed by atoms with Crippen molar-refractivity contribution in [1.29, 1.82) is 10.5 Å². The number of carbonyl (C=O) groups is 1. The Morgan fingerprint density at radius 2 is 1.83 bits per heavy atom. The second-order valence-corrected chi connectivity index (χ2v) is 5.54. The predicted molar refractivity (Wildman–Crippen MR) is 85.6 cm³/mol. The number of aromatic carboxylic acids is 1. The van der Waals surface area contributed by atoms with E-state index in [2.05, 4.69) is 27.7 Å². The molecule has 0 spiro atoms. The van der Waals surface area contributed by atoms with E-state index in [1.54, 1.807) is 32.0 Å². The van der Waals surface area contributed by atoms with Gasteiger partial charge in [-0.2, -0.15) is 15.6 Å². The van der Waals surface area contributed by atoms with Crippen LogP contribution in [0.15, 0.2) is 40.7 Å². The number of H-pyrrole nitrogens is 1. The van der Waals surface area contributed by atoms with Crippen molar-refractivity contribution in [1.82, 2.24) is 15.5 Å². The molecule has 24 heavy (non-hydrogen) atoms. The molecule has 7 nitrogen and oxygen atoms in total. The monoisotopic (exact) mass is 319 g/mol. The molecule has 1 aromatic carbocycles. The molecule has 3 rings (SSSR count). The molecule has 0 saturated carbocycles. The van der Waals surface area contributed by atoms with E-state index < -0.39 is 11.9 Å². The minimum atomic E-state index is -1.11. The molecule has 0 fully saturated rings. The van der Waals surface area contributed by atoms with Gasteiger partial charge in [0.25, 0.3) is 0 Å². The van der Waals surface area contributed by atoms with E-state index in [0.29, 0.717) is 33.4 Å². The number of carboxylic acids is 1. The molecule has 0 unspecified atom stereocenters. The number of nitrogens with zero attached hydrogens (tertiary/aromatic N) is 3. The molecule has 118 valence electrons. The molecule has 2 heterocycles. The summed E-state index contributed by atoms with van der Waals surface area (Å²) < 4.78 is 0. The van der Waals surface area contributed by atoms with Crippen LogP contribution in [0.3, 0.4) is 0 Å². The zero-order chi connectivity index (χ0) is 17.4. The Morgan fingerprint density at radius 1 is 1.21 bits per heavy atom. The van der Waals surface area contributed by atoms with E-state index in [1.807, 2.05) is 0 Å². The Bertz CT molecular complexity index is 978. The van der Waals surface area contributed by atoms with Crippen molar-refractivity contribution in [3.8, 4) is 12.1 Å². The van der Waals surface area contributed by atoms with Gasteiger partial charge in [0.15, 0.2) is 5.69 Å². The number of rotatable bonds is 2. The second-order valence-electron chi connectivity index (χ2n) is 5.54. The number of fused-ring (bicyclic) bond motifs is 1. The topological polar surface area (TPSA) is 126 Å². The Labute approximate surface area is 137 Å². The number of benzene rings is 1. The van der Waals surface area contributed by atoms with Gasteiger partial charge in [0, 0.05) is 16.8 Å². The summed E-state index contributed by atoms with van der Waals surface area (Å²) in [5, 5.41) is 38.2. The molecule has 1 aromatic heterocycles. The maximum Gasteiger partial charge on any atom is 0.357 e. The molecule has 3 N–H and O–H groups in total. The average Bonchev–Trinajstić information content (AvgIpc) is 2.97. The van der Waals surface area contributed by atoms with E-state index in [9.17, 15) is 15.3 Å². The van der Waals surface area contributed by atoms with Gasteiger partial charge in [-0.25, -0.2) is 4.79 Å². The van der Waals surface area contributed by atoms with Crippen LogP contribution in [0.25, 0.3) is 10.9 Å². The average molecular weight is 319 g/mol. The van der Waals surface area contributed by atoms with Crippen LogP contribution < -0.4 is 5.32 Å². The van der Waals surface area contributed by atoms with Crippen molar-refractivity contribution >= 4 is 16.9 Å². The number of aromatic nitrogens is 2. The predicted octanol–water partition coefficient (Wildman–Crippen LogP) is 2.54. The maximum absolute atomic E-state index is 11.2. The van der Waals surface area contributed by atoms with Crippen LogP contribution in [0.4, 0.5) is 0 Å². The van der Waals surface area contributed by atoms with Crippen LogP contribution in [0.2, 0.25) is 0 Å². The van der Waals surface area contributed by atoms with Crippen molar-refractivity contribution in [3.05, 3.63) is 52.0 Å². The third kappa shape index (κ3) is 2.20. The van der Waals surface area contributed by atoms with E-state index in [4.69, 9.17) is 5.11 Å². The summed E-state index contributed by atoms with van der Waals surface area (Å²) in [5.74, 6) is -1.60. The van der Waals surface area contributed by atoms with Gasteiger partial charge >= 0.3 is 5.97 Å². The molecule has 7 heteroatoms. The first kappa shape index (κ1) is 15.3. The molecule has 0 atom stereocenters.